The average Bonchev–Trinajstić information content (AvgIpc) is 4.05. The molecule has 5 heterocycles. The number of carbonyl (C=O) groups is 2. The van der Waals surface area contributed by atoms with Gasteiger partial charge in [0.1, 0.15) is 23.7 Å². The van der Waals surface area contributed by atoms with E-state index in [0.29, 0.717) is 13.1 Å². The van der Waals surface area contributed by atoms with Gasteiger partial charge >= 0.3 is 6.01 Å². The molecule has 16 nitrogen and oxygen atoms in total. The summed E-state index contributed by atoms with van der Waals surface area (Å²) >= 11 is 0. The predicted molar refractivity (Wildman–Crippen MR) is 211 cm³/mol. The Morgan fingerprint density at radius 3 is 1.82 bits per heavy atom. The number of aliphatic imine (C=N–C) groups is 1. The van der Waals surface area contributed by atoms with Gasteiger partial charge in [0.05, 0.1) is 43.0 Å². The quantitative estimate of drug-likeness (QED) is 0.0434. The molecule has 294 valence electrons. The number of hydrogen-bond acceptors (Lipinski definition) is 12. The zero-order valence-corrected chi connectivity index (χ0v) is 32.3. The fraction of sp³-hybridized carbons (Fsp3) is 0.425. The molecule has 0 spiro atoms. The third kappa shape index (κ3) is 8.15. The molecule has 3 aromatic heterocycles. The average molecular weight is 764 g/mol. The number of H-pyrrole nitrogens is 2. The smallest absolute Gasteiger partial charge is 0.320 e. The SMILES string of the molecule is COO/C=N/[C@H](C(=O)N1CCC[C@H]1c1ncc(-c2ccc(-c3ccc(-c4cnc([C@@H]5CCCN5C(=O)[C@@H](Nc5noc(N)n5)C(C)C)[nH]4)cc3)cc2)[nH]1)C(C)C. The number of nitrogen functional groups attached to an aromatic ring is 1. The van der Waals surface area contributed by atoms with Gasteiger partial charge in [0.25, 0.3) is 5.95 Å². The summed E-state index contributed by atoms with van der Waals surface area (Å²) < 4.78 is 4.88. The Labute approximate surface area is 325 Å². The molecule has 16 heteroatoms. The van der Waals surface area contributed by atoms with Crippen molar-refractivity contribution in [2.75, 3.05) is 31.2 Å². The third-order valence-electron chi connectivity index (χ3n) is 10.5. The van der Waals surface area contributed by atoms with Crippen LogP contribution in [0.4, 0.5) is 12.0 Å². The first-order valence-electron chi connectivity index (χ1n) is 19.1. The van der Waals surface area contributed by atoms with Crippen molar-refractivity contribution in [3.8, 4) is 33.6 Å². The first kappa shape index (κ1) is 38.3. The monoisotopic (exact) mass is 763 g/mol. The second-order valence-corrected chi connectivity index (χ2v) is 14.9. The van der Waals surface area contributed by atoms with Crippen LogP contribution < -0.4 is 11.1 Å². The van der Waals surface area contributed by atoms with Gasteiger partial charge in [-0.25, -0.2) is 15.0 Å². The highest BCUT2D eigenvalue weighted by Gasteiger charge is 2.38. The molecule has 0 saturated carbocycles. The molecule has 0 aliphatic carbocycles. The van der Waals surface area contributed by atoms with E-state index in [0.717, 1.165) is 71.0 Å². The zero-order valence-electron chi connectivity index (χ0n) is 32.3. The first-order chi connectivity index (χ1) is 27.1. The van der Waals surface area contributed by atoms with Crippen LogP contribution in [0.1, 0.15) is 77.1 Å². The van der Waals surface area contributed by atoms with Crippen LogP contribution in [0.15, 0.2) is 70.4 Å². The van der Waals surface area contributed by atoms with Gasteiger partial charge in [-0.2, -0.15) is 9.87 Å². The van der Waals surface area contributed by atoms with Crippen molar-refractivity contribution in [3.05, 3.63) is 72.6 Å². The van der Waals surface area contributed by atoms with E-state index in [4.69, 9.17) is 25.1 Å². The van der Waals surface area contributed by atoms with E-state index >= 15 is 0 Å². The second-order valence-electron chi connectivity index (χ2n) is 14.9. The van der Waals surface area contributed by atoms with E-state index in [9.17, 15) is 9.59 Å². The van der Waals surface area contributed by atoms with Crippen LogP contribution >= 0.6 is 0 Å². The van der Waals surface area contributed by atoms with Gasteiger partial charge < -0.3 is 40.2 Å². The Hall–Kier alpha value is -6.03. The minimum Gasteiger partial charge on any atom is -0.351 e. The predicted octanol–water partition coefficient (Wildman–Crippen LogP) is 6.19. The van der Waals surface area contributed by atoms with Gasteiger partial charge in [-0.1, -0.05) is 76.2 Å². The maximum Gasteiger partial charge on any atom is 0.320 e. The Morgan fingerprint density at radius 2 is 1.36 bits per heavy atom. The number of carbonyl (C=O) groups excluding carboxylic acids is 2. The van der Waals surface area contributed by atoms with E-state index in [1.807, 2.05) is 49.9 Å². The standard InChI is InChI=1S/C40H49N11O5/c1-23(2)33(44-22-55-54-5)37(52)50-18-6-8-31(50)35-42-20-29(45-35)27-14-10-25(11-15-27)26-12-16-28(17-13-26)30-21-43-36(46-30)32-9-7-19-51(32)38(53)34(24(3)4)47-40-48-39(41)56-49-40/h10-17,20-24,31-34H,6-9,18-19H2,1-5H3,(H,42,45)(H,43,46)(H3,41,47,48,49)/b44-22+/t31-,32-,33-,34-/m0/s1. The molecular weight excluding hydrogens is 715 g/mol. The number of amides is 2. The van der Waals surface area contributed by atoms with E-state index in [1.54, 1.807) is 0 Å². The largest absolute Gasteiger partial charge is 0.351 e. The van der Waals surface area contributed by atoms with Gasteiger partial charge in [-0.15, -0.1) is 0 Å². The van der Waals surface area contributed by atoms with Crippen molar-refractivity contribution in [1.82, 2.24) is 39.9 Å². The van der Waals surface area contributed by atoms with Crippen LogP contribution in [0.25, 0.3) is 33.6 Å². The number of imidazole rings is 2. The highest BCUT2D eigenvalue weighted by atomic mass is 17.2. The summed E-state index contributed by atoms with van der Waals surface area (Å²) in [5.41, 5.74) is 11.5. The van der Waals surface area contributed by atoms with Crippen LogP contribution in [-0.2, 0) is 19.4 Å². The third-order valence-corrected chi connectivity index (χ3v) is 10.5. The maximum atomic E-state index is 13.8. The summed E-state index contributed by atoms with van der Waals surface area (Å²) in [4.78, 5) is 65.2. The lowest BCUT2D eigenvalue weighted by atomic mass is 10.0. The molecule has 2 aliphatic rings. The highest BCUT2D eigenvalue weighted by Crippen LogP contribution is 2.35. The van der Waals surface area contributed by atoms with Crippen molar-refractivity contribution in [2.45, 2.75) is 77.5 Å². The van der Waals surface area contributed by atoms with E-state index in [-0.39, 0.29) is 47.7 Å². The number of aromatic amines is 2. The summed E-state index contributed by atoms with van der Waals surface area (Å²) in [5.74, 6) is 1.58. The van der Waals surface area contributed by atoms with Gasteiger partial charge in [0.2, 0.25) is 18.2 Å². The number of rotatable bonds is 14. The number of aromatic nitrogens is 6. The van der Waals surface area contributed by atoms with Crippen molar-refractivity contribution in [1.29, 1.82) is 0 Å². The molecule has 4 atom stereocenters. The summed E-state index contributed by atoms with van der Waals surface area (Å²) in [6.07, 6.45) is 8.25. The van der Waals surface area contributed by atoms with E-state index in [2.05, 4.69) is 83.8 Å². The van der Waals surface area contributed by atoms with E-state index in [1.165, 1.54) is 13.5 Å². The first-order valence-corrected chi connectivity index (χ1v) is 19.1. The van der Waals surface area contributed by atoms with E-state index < -0.39 is 12.1 Å². The molecule has 2 amide bonds. The van der Waals surface area contributed by atoms with Gasteiger partial charge in [-0.05, 0) is 64.9 Å². The van der Waals surface area contributed by atoms with Crippen molar-refractivity contribution in [2.24, 2.45) is 16.8 Å². The molecule has 2 aromatic carbocycles. The molecule has 0 radical (unpaired) electrons. The molecular formula is C40H49N11O5. The number of nitrogens with one attached hydrogen (secondary N) is 3. The molecule has 5 aromatic rings. The van der Waals surface area contributed by atoms with Gasteiger partial charge in [0, 0.05) is 13.1 Å². The molecule has 7 rings (SSSR count). The topological polar surface area (TPSA) is 206 Å². The van der Waals surface area contributed by atoms with Crippen LogP contribution in [-0.4, -0.2) is 90.4 Å². The summed E-state index contributed by atoms with van der Waals surface area (Å²) in [5, 5.41) is 6.90. The number of nitrogens with two attached hydrogens (primary N) is 1. The summed E-state index contributed by atoms with van der Waals surface area (Å²) in [6.45, 7) is 9.16. The number of anilines is 2. The van der Waals surface area contributed by atoms with Crippen LogP contribution in [0.3, 0.4) is 0 Å². The molecule has 56 heavy (non-hydrogen) atoms. The number of hydrogen-bond donors (Lipinski definition) is 4. The zero-order chi connectivity index (χ0) is 39.3. The molecule has 2 fully saturated rings. The fourth-order valence-electron chi connectivity index (χ4n) is 7.57. The second kappa shape index (κ2) is 16.8. The summed E-state index contributed by atoms with van der Waals surface area (Å²) in [6, 6.07) is 15.2. The normalized spacial score (nSPS) is 18.3. The fourth-order valence-corrected chi connectivity index (χ4v) is 7.57. The number of benzene rings is 2. The molecule has 2 aliphatic heterocycles. The lowest BCUT2D eigenvalue weighted by Crippen LogP contribution is -2.45. The minimum atomic E-state index is -0.573. The van der Waals surface area contributed by atoms with Crippen LogP contribution in [0.2, 0.25) is 0 Å². The lowest BCUT2D eigenvalue weighted by molar-refractivity contribution is -0.188. The maximum absolute atomic E-state index is 13.8. The Bertz CT molecular complexity index is 2120. The van der Waals surface area contributed by atoms with Crippen LogP contribution in [0.5, 0.6) is 0 Å². The van der Waals surface area contributed by atoms with Gasteiger partial charge in [0.15, 0.2) is 0 Å². The summed E-state index contributed by atoms with van der Waals surface area (Å²) in [7, 11) is 1.39. The number of likely N-dealkylation sites (tertiary alicyclic amines) is 2. The van der Waals surface area contributed by atoms with Crippen molar-refractivity contribution >= 4 is 30.2 Å². The van der Waals surface area contributed by atoms with Crippen molar-refractivity contribution in [3.63, 3.8) is 0 Å². The Kier molecular flexibility index (Phi) is 11.5. The Morgan fingerprint density at radius 1 is 0.839 bits per heavy atom. The molecule has 0 bridgehead atoms. The molecule has 0 unspecified atom stereocenters. The van der Waals surface area contributed by atoms with Crippen molar-refractivity contribution < 1.29 is 23.9 Å². The minimum absolute atomic E-state index is 0.00838. The van der Waals surface area contributed by atoms with Crippen LogP contribution in [0, 0.1) is 11.8 Å². The van der Waals surface area contributed by atoms with Gasteiger partial charge in [-0.3, -0.25) is 9.59 Å². The highest BCUT2D eigenvalue weighted by molar-refractivity contribution is 5.85. The Balaban J connectivity index is 0.995. The molecule has 5 N–H and O–H groups in total. The molecule has 2 saturated heterocycles. The lowest BCUT2D eigenvalue weighted by Gasteiger charge is -2.30. The number of nitrogens with zero attached hydrogens (tertiary/aromatic N) is 7.